The molecule has 4 heteroatoms. The van der Waals surface area contributed by atoms with Crippen LogP contribution in [0.2, 0.25) is 0 Å². The summed E-state index contributed by atoms with van der Waals surface area (Å²) >= 11 is 1.79. The highest BCUT2D eigenvalue weighted by molar-refractivity contribution is 7.10. The lowest BCUT2D eigenvalue weighted by molar-refractivity contribution is 0.841. The molecule has 0 spiro atoms. The molecule has 0 amide bonds. The molecule has 3 aromatic rings. The van der Waals surface area contributed by atoms with Crippen LogP contribution in [0.3, 0.4) is 0 Å². The first-order valence-electron chi connectivity index (χ1n) is 6.05. The molecule has 0 radical (unpaired) electrons. The highest BCUT2D eigenvalue weighted by Crippen LogP contribution is 2.23. The van der Waals surface area contributed by atoms with Crippen molar-refractivity contribution in [2.75, 3.05) is 5.73 Å². The molecule has 0 aliphatic rings. The quantitative estimate of drug-likeness (QED) is 0.782. The van der Waals surface area contributed by atoms with Crippen molar-refractivity contribution >= 4 is 28.3 Å². The van der Waals surface area contributed by atoms with Gasteiger partial charge < -0.3 is 10.3 Å². The third kappa shape index (κ3) is 1.78. The number of benzene rings is 1. The summed E-state index contributed by atoms with van der Waals surface area (Å²) in [7, 11) is 0. The Hall–Kier alpha value is -1.81. The number of anilines is 1. The minimum atomic E-state index is 0.589. The number of nitrogen functional groups attached to an aromatic ring is 1. The molecule has 3 nitrogen and oxygen atoms in total. The largest absolute Gasteiger partial charge is 0.369 e. The van der Waals surface area contributed by atoms with E-state index in [0.717, 1.165) is 24.0 Å². The zero-order chi connectivity index (χ0) is 12.5. The van der Waals surface area contributed by atoms with Crippen LogP contribution < -0.4 is 5.73 Å². The predicted octanol–water partition coefficient (Wildman–Crippen LogP) is 3.29. The minimum absolute atomic E-state index is 0.589. The van der Waals surface area contributed by atoms with Crippen molar-refractivity contribution in [3.05, 3.63) is 46.2 Å². The van der Waals surface area contributed by atoms with Gasteiger partial charge in [0, 0.05) is 4.88 Å². The van der Waals surface area contributed by atoms with Crippen molar-refractivity contribution in [2.24, 2.45) is 0 Å². The van der Waals surface area contributed by atoms with E-state index in [2.05, 4.69) is 34.0 Å². The Balaban J connectivity index is 2.07. The van der Waals surface area contributed by atoms with E-state index in [-0.39, 0.29) is 0 Å². The van der Waals surface area contributed by atoms with Gasteiger partial charge in [-0.15, -0.1) is 11.3 Å². The van der Waals surface area contributed by atoms with Gasteiger partial charge in [-0.05, 0) is 35.6 Å². The van der Waals surface area contributed by atoms with Crippen molar-refractivity contribution in [3.63, 3.8) is 0 Å². The Morgan fingerprint density at radius 1 is 1.28 bits per heavy atom. The number of imidazole rings is 1. The first kappa shape index (κ1) is 11.3. The Morgan fingerprint density at radius 2 is 2.11 bits per heavy atom. The SMILES string of the molecule is CCc1ccsc1Cn1c(N)nc2ccccc21. The van der Waals surface area contributed by atoms with Crippen LogP contribution in [0.4, 0.5) is 5.95 Å². The summed E-state index contributed by atoms with van der Waals surface area (Å²) in [5.74, 6) is 0.589. The summed E-state index contributed by atoms with van der Waals surface area (Å²) in [6, 6.07) is 10.3. The maximum Gasteiger partial charge on any atom is 0.201 e. The monoisotopic (exact) mass is 257 g/mol. The second-order valence-corrected chi connectivity index (χ2v) is 5.27. The van der Waals surface area contributed by atoms with E-state index >= 15 is 0 Å². The van der Waals surface area contributed by atoms with E-state index in [1.807, 2.05) is 18.2 Å². The van der Waals surface area contributed by atoms with Gasteiger partial charge in [0.15, 0.2) is 0 Å². The predicted molar refractivity (Wildman–Crippen MR) is 76.9 cm³/mol. The van der Waals surface area contributed by atoms with E-state index in [0.29, 0.717) is 5.95 Å². The zero-order valence-electron chi connectivity index (χ0n) is 10.3. The normalized spacial score (nSPS) is 11.2. The third-order valence-electron chi connectivity index (χ3n) is 3.20. The molecule has 2 heterocycles. The van der Waals surface area contributed by atoms with Crippen molar-refractivity contribution in [2.45, 2.75) is 19.9 Å². The molecule has 0 saturated carbocycles. The number of aromatic nitrogens is 2. The molecule has 0 unspecified atom stereocenters. The van der Waals surface area contributed by atoms with Crippen molar-refractivity contribution in [3.8, 4) is 0 Å². The Kier molecular flexibility index (Phi) is 2.80. The first-order valence-corrected chi connectivity index (χ1v) is 6.93. The average molecular weight is 257 g/mol. The number of fused-ring (bicyclic) bond motifs is 1. The number of thiophene rings is 1. The molecule has 2 aromatic heterocycles. The molecule has 0 atom stereocenters. The lowest BCUT2D eigenvalue weighted by atomic mass is 10.2. The van der Waals surface area contributed by atoms with Gasteiger partial charge >= 0.3 is 0 Å². The second kappa shape index (κ2) is 4.46. The van der Waals surface area contributed by atoms with Gasteiger partial charge in [0.1, 0.15) is 0 Å². The highest BCUT2D eigenvalue weighted by atomic mass is 32.1. The van der Waals surface area contributed by atoms with E-state index in [4.69, 9.17) is 5.73 Å². The molecule has 18 heavy (non-hydrogen) atoms. The molecule has 0 aliphatic carbocycles. The number of para-hydroxylation sites is 2. The van der Waals surface area contributed by atoms with Crippen molar-refractivity contribution in [1.29, 1.82) is 0 Å². The fourth-order valence-corrected chi connectivity index (χ4v) is 3.19. The van der Waals surface area contributed by atoms with Crippen LogP contribution in [-0.2, 0) is 13.0 Å². The van der Waals surface area contributed by atoms with Crippen LogP contribution in [0.15, 0.2) is 35.7 Å². The lowest BCUT2D eigenvalue weighted by Gasteiger charge is -2.06. The fourth-order valence-electron chi connectivity index (χ4n) is 2.22. The summed E-state index contributed by atoms with van der Waals surface area (Å²) in [5.41, 5.74) is 9.48. The van der Waals surface area contributed by atoms with Crippen molar-refractivity contribution in [1.82, 2.24) is 9.55 Å². The van der Waals surface area contributed by atoms with Crippen LogP contribution in [0.25, 0.3) is 11.0 Å². The molecule has 92 valence electrons. The standard InChI is InChI=1S/C14H15N3S/c1-2-10-7-8-18-13(10)9-17-12-6-4-3-5-11(12)16-14(17)15/h3-8H,2,9H2,1H3,(H2,15,16). The topological polar surface area (TPSA) is 43.8 Å². The Morgan fingerprint density at radius 3 is 2.94 bits per heavy atom. The number of nitrogens with zero attached hydrogens (tertiary/aromatic N) is 2. The van der Waals surface area contributed by atoms with Crippen molar-refractivity contribution < 1.29 is 0 Å². The van der Waals surface area contributed by atoms with E-state index < -0.39 is 0 Å². The molecular formula is C14H15N3S. The number of hydrogen-bond donors (Lipinski definition) is 1. The summed E-state index contributed by atoms with van der Waals surface area (Å²) in [6.45, 7) is 2.99. The highest BCUT2D eigenvalue weighted by Gasteiger charge is 2.10. The second-order valence-electron chi connectivity index (χ2n) is 4.27. The molecule has 0 fully saturated rings. The summed E-state index contributed by atoms with van der Waals surface area (Å²) < 4.78 is 2.08. The van der Waals surface area contributed by atoms with Gasteiger partial charge in [0.05, 0.1) is 17.6 Å². The maximum absolute atomic E-state index is 6.02. The molecule has 1 aromatic carbocycles. The first-order chi connectivity index (χ1) is 8.79. The average Bonchev–Trinajstić information content (AvgIpc) is 2.95. The van der Waals surface area contributed by atoms with E-state index in [9.17, 15) is 0 Å². The third-order valence-corrected chi connectivity index (χ3v) is 4.15. The van der Waals surface area contributed by atoms with Gasteiger partial charge in [-0.2, -0.15) is 0 Å². The molecule has 0 bridgehead atoms. The number of nitrogens with two attached hydrogens (primary N) is 1. The molecule has 0 aliphatic heterocycles. The smallest absolute Gasteiger partial charge is 0.201 e. The van der Waals surface area contributed by atoms with Gasteiger partial charge in [0.2, 0.25) is 5.95 Å². The Bertz CT molecular complexity index is 681. The minimum Gasteiger partial charge on any atom is -0.369 e. The fraction of sp³-hybridized carbons (Fsp3) is 0.214. The lowest BCUT2D eigenvalue weighted by Crippen LogP contribution is -2.04. The summed E-state index contributed by atoms with van der Waals surface area (Å²) in [4.78, 5) is 5.76. The number of aryl methyl sites for hydroxylation is 1. The van der Waals surface area contributed by atoms with E-state index in [1.165, 1.54) is 10.4 Å². The zero-order valence-corrected chi connectivity index (χ0v) is 11.1. The number of hydrogen-bond acceptors (Lipinski definition) is 3. The Labute approximate surface area is 110 Å². The van der Waals surface area contributed by atoms with Gasteiger partial charge in [-0.3, -0.25) is 0 Å². The van der Waals surface area contributed by atoms with Crippen LogP contribution in [-0.4, -0.2) is 9.55 Å². The van der Waals surface area contributed by atoms with Crippen LogP contribution >= 0.6 is 11.3 Å². The van der Waals surface area contributed by atoms with Crippen LogP contribution in [0.5, 0.6) is 0 Å². The molecule has 3 rings (SSSR count). The van der Waals surface area contributed by atoms with Gasteiger partial charge in [-0.1, -0.05) is 19.1 Å². The summed E-state index contributed by atoms with van der Waals surface area (Å²) in [6.07, 6.45) is 1.06. The van der Waals surface area contributed by atoms with Crippen LogP contribution in [0, 0.1) is 0 Å². The number of rotatable bonds is 3. The molecular weight excluding hydrogens is 242 g/mol. The van der Waals surface area contributed by atoms with E-state index in [1.54, 1.807) is 11.3 Å². The molecule has 2 N–H and O–H groups in total. The van der Waals surface area contributed by atoms with Crippen LogP contribution in [0.1, 0.15) is 17.4 Å². The van der Waals surface area contributed by atoms with Gasteiger partial charge in [-0.25, -0.2) is 4.98 Å². The maximum atomic E-state index is 6.02. The van der Waals surface area contributed by atoms with Gasteiger partial charge in [0.25, 0.3) is 0 Å². The molecule has 0 saturated heterocycles. The summed E-state index contributed by atoms with van der Waals surface area (Å²) in [5, 5.41) is 2.14.